The molecule has 0 heterocycles. The molecule has 21 heavy (non-hydrogen) atoms. The second-order valence-corrected chi connectivity index (χ2v) is 6.03. The lowest BCUT2D eigenvalue weighted by molar-refractivity contribution is -0.128. The van der Waals surface area contributed by atoms with Gasteiger partial charge in [-0.05, 0) is 25.1 Å². The zero-order valence-electron chi connectivity index (χ0n) is 11.7. The van der Waals surface area contributed by atoms with E-state index in [1.807, 2.05) is 0 Å². The summed E-state index contributed by atoms with van der Waals surface area (Å²) in [5.74, 6) is -1.84. The Hall–Kier alpha value is -2.13. The van der Waals surface area contributed by atoms with E-state index < -0.39 is 38.9 Å². The number of rotatable bonds is 6. The fraction of sp³-hybridized carbons (Fsp3) is 0.333. The number of carbonyl (C=O) groups is 2. The highest BCUT2D eigenvalue weighted by Gasteiger charge is 2.23. The number of amides is 1. The highest BCUT2D eigenvalue weighted by atomic mass is 32.2. The Morgan fingerprint density at radius 1 is 1.38 bits per heavy atom. The molecule has 8 nitrogen and oxygen atoms in total. The van der Waals surface area contributed by atoms with Crippen LogP contribution in [-0.4, -0.2) is 50.4 Å². The first-order valence-electron chi connectivity index (χ1n) is 6.05. The maximum atomic E-state index is 12.1. The number of nitrogens with two attached hydrogens (primary N) is 1. The molecule has 0 saturated heterocycles. The van der Waals surface area contributed by atoms with Gasteiger partial charge in [-0.1, -0.05) is 0 Å². The topological polar surface area (TPSA) is 130 Å². The molecule has 116 valence electrons. The largest absolute Gasteiger partial charge is 0.478 e. The summed E-state index contributed by atoms with van der Waals surface area (Å²) in [6.45, 7) is 1.73. The molecule has 0 aliphatic heterocycles. The minimum atomic E-state index is -4.12. The predicted octanol–water partition coefficient (Wildman–Crippen LogP) is -0.276. The van der Waals surface area contributed by atoms with E-state index in [4.69, 9.17) is 10.8 Å². The Bertz CT molecular complexity index is 657. The molecule has 0 spiro atoms. The molecular formula is C12H17N3O5S. The van der Waals surface area contributed by atoms with Gasteiger partial charge < -0.3 is 15.7 Å². The number of hydrogen-bond acceptors (Lipinski definition) is 5. The van der Waals surface area contributed by atoms with Gasteiger partial charge in [0.15, 0.2) is 0 Å². The lowest BCUT2D eigenvalue weighted by Gasteiger charge is -2.15. The maximum Gasteiger partial charge on any atom is 0.337 e. The van der Waals surface area contributed by atoms with Crippen LogP contribution in [0.1, 0.15) is 17.3 Å². The fourth-order valence-corrected chi connectivity index (χ4v) is 2.65. The SMILES string of the molecule is CCN(C)C(=O)CNS(=O)(=O)c1ccc(N)cc1C(=O)O. The van der Waals surface area contributed by atoms with Crippen molar-refractivity contribution in [2.24, 2.45) is 0 Å². The Morgan fingerprint density at radius 2 is 2.00 bits per heavy atom. The van der Waals surface area contributed by atoms with Gasteiger partial charge in [-0.15, -0.1) is 0 Å². The van der Waals surface area contributed by atoms with Gasteiger partial charge in [-0.2, -0.15) is 0 Å². The molecule has 0 radical (unpaired) electrons. The second-order valence-electron chi connectivity index (χ2n) is 4.29. The molecule has 0 atom stereocenters. The number of carboxylic acids is 1. The number of carbonyl (C=O) groups excluding carboxylic acids is 1. The number of nitrogen functional groups attached to an aromatic ring is 1. The molecule has 0 bridgehead atoms. The van der Waals surface area contributed by atoms with Crippen LogP contribution in [0.2, 0.25) is 0 Å². The summed E-state index contributed by atoms with van der Waals surface area (Å²) in [7, 11) is -2.59. The highest BCUT2D eigenvalue weighted by molar-refractivity contribution is 7.89. The molecule has 0 aromatic heterocycles. The van der Waals surface area contributed by atoms with Gasteiger partial charge in [-0.3, -0.25) is 4.79 Å². The third-order valence-electron chi connectivity index (χ3n) is 2.84. The zero-order valence-corrected chi connectivity index (χ0v) is 12.5. The minimum absolute atomic E-state index is 0.133. The van der Waals surface area contributed by atoms with E-state index in [0.717, 1.165) is 12.1 Å². The second kappa shape index (κ2) is 6.55. The Kier molecular flexibility index (Phi) is 5.28. The summed E-state index contributed by atoms with van der Waals surface area (Å²) in [5, 5.41) is 9.03. The maximum absolute atomic E-state index is 12.1. The van der Waals surface area contributed by atoms with Crippen LogP contribution in [0, 0.1) is 0 Å². The standard InChI is InChI=1S/C12H17N3O5S/c1-3-15(2)11(16)7-14-21(19,20)10-5-4-8(13)6-9(10)12(17)18/h4-6,14H,3,7,13H2,1-2H3,(H,17,18). The van der Waals surface area contributed by atoms with Crippen molar-refractivity contribution in [1.29, 1.82) is 0 Å². The summed E-state index contributed by atoms with van der Waals surface area (Å²) in [6, 6.07) is 3.42. The lowest BCUT2D eigenvalue weighted by Crippen LogP contribution is -2.38. The van der Waals surface area contributed by atoms with Crippen LogP contribution >= 0.6 is 0 Å². The van der Waals surface area contributed by atoms with E-state index >= 15 is 0 Å². The zero-order chi connectivity index (χ0) is 16.2. The summed E-state index contributed by atoms with van der Waals surface area (Å²) < 4.78 is 26.3. The molecule has 4 N–H and O–H groups in total. The number of carboxylic acid groups (broad SMARTS) is 1. The first-order chi connectivity index (χ1) is 9.69. The Morgan fingerprint density at radius 3 is 2.52 bits per heavy atom. The van der Waals surface area contributed by atoms with Crippen molar-refractivity contribution in [1.82, 2.24) is 9.62 Å². The summed E-state index contributed by atoms with van der Waals surface area (Å²) in [6.07, 6.45) is 0. The fourth-order valence-electron chi connectivity index (χ4n) is 1.49. The van der Waals surface area contributed by atoms with E-state index in [9.17, 15) is 18.0 Å². The summed E-state index contributed by atoms with van der Waals surface area (Å²) in [5.41, 5.74) is 5.14. The van der Waals surface area contributed by atoms with E-state index in [1.54, 1.807) is 6.92 Å². The van der Waals surface area contributed by atoms with Gasteiger partial charge in [0.1, 0.15) is 0 Å². The number of aromatic carboxylic acids is 1. The number of hydrogen-bond donors (Lipinski definition) is 3. The van der Waals surface area contributed by atoms with E-state index in [-0.39, 0.29) is 5.69 Å². The van der Waals surface area contributed by atoms with Crippen molar-refractivity contribution >= 4 is 27.6 Å². The van der Waals surface area contributed by atoms with Crippen LogP contribution in [0.5, 0.6) is 0 Å². The lowest BCUT2D eigenvalue weighted by atomic mass is 10.2. The van der Waals surface area contributed by atoms with Gasteiger partial charge >= 0.3 is 5.97 Å². The van der Waals surface area contributed by atoms with Crippen molar-refractivity contribution < 1.29 is 23.1 Å². The molecular weight excluding hydrogens is 298 g/mol. The Balaban J connectivity index is 3.04. The summed E-state index contributed by atoms with van der Waals surface area (Å²) in [4.78, 5) is 23.6. The first kappa shape index (κ1) is 16.9. The third kappa shape index (κ3) is 4.17. The monoisotopic (exact) mass is 315 g/mol. The van der Waals surface area contributed by atoms with E-state index in [0.29, 0.717) is 6.54 Å². The molecule has 1 aromatic rings. The number of nitrogens with one attached hydrogen (secondary N) is 1. The van der Waals surface area contributed by atoms with Gasteiger partial charge in [-0.25, -0.2) is 17.9 Å². The van der Waals surface area contributed by atoms with Crippen molar-refractivity contribution in [2.45, 2.75) is 11.8 Å². The van der Waals surface area contributed by atoms with Crippen molar-refractivity contribution in [3.63, 3.8) is 0 Å². The van der Waals surface area contributed by atoms with Gasteiger partial charge in [0.25, 0.3) is 0 Å². The average Bonchev–Trinajstić information content (AvgIpc) is 2.43. The van der Waals surface area contributed by atoms with E-state index in [2.05, 4.69) is 4.72 Å². The van der Waals surface area contributed by atoms with Crippen molar-refractivity contribution in [3.8, 4) is 0 Å². The van der Waals surface area contributed by atoms with Crippen LogP contribution in [0.15, 0.2) is 23.1 Å². The quantitative estimate of drug-likeness (QED) is 0.619. The molecule has 9 heteroatoms. The van der Waals surface area contributed by atoms with E-state index in [1.165, 1.54) is 18.0 Å². The number of nitrogens with zero attached hydrogens (tertiary/aromatic N) is 1. The minimum Gasteiger partial charge on any atom is -0.478 e. The highest BCUT2D eigenvalue weighted by Crippen LogP contribution is 2.18. The number of anilines is 1. The van der Waals surface area contributed by atoms with Gasteiger partial charge in [0.05, 0.1) is 17.0 Å². The van der Waals surface area contributed by atoms with Crippen LogP contribution in [0.25, 0.3) is 0 Å². The van der Waals surface area contributed by atoms with Crippen LogP contribution in [0.3, 0.4) is 0 Å². The number of sulfonamides is 1. The van der Waals surface area contributed by atoms with Gasteiger partial charge in [0, 0.05) is 19.3 Å². The molecule has 1 amide bonds. The summed E-state index contributed by atoms with van der Waals surface area (Å²) >= 11 is 0. The van der Waals surface area contributed by atoms with Crippen LogP contribution < -0.4 is 10.5 Å². The molecule has 0 unspecified atom stereocenters. The smallest absolute Gasteiger partial charge is 0.337 e. The molecule has 1 rings (SSSR count). The predicted molar refractivity (Wildman–Crippen MR) is 76.3 cm³/mol. The Labute approximate surface area is 122 Å². The van der Waals surface area contributed by atoms with Crippen LogP contribution in [-0.2, 0) is 14.8 Å². The van der Waals surface area contributed by atoms with Gasteiger partial charge in [0.2, 0.25) is 15.9 Å². The molecule has 1 aromatic carbocycles. The normalized spacial score (nSPS) is 11.1. The first-order valence-corrected chi connectivity index (χ1v) is 7.53. The molecule has 0 saturated carbocycles. The van der Waals surface area contributed by atoms with Crippen LogP contribution in [0.4, 0.5) is 5.69 Å². The number of benzene rings is 1. The van der Waals surface area contributed by atoms with Crippen molar-refractivity contribution in [3.05, 3.63) is 23.8 Å². The number of likely N-dealkylation sites (N-methyl/N-ethyl adjacent to an activating group) is 1. The van der Waals surface area contributed by atoms with Crippen molar-refractivity contribution in [2.75, 3.05) is 25.9 Å². The average molecular weight is 315 g/mol. The molecule has 0 fully saturated rings. The molecule has 0 aliphatic carbocycles. The third-order valence-corrected chi connectivity index (χ3v) is 4.30. The molecule has 0 aliphatic rings.